The number of hydrogen-bond donors (Lipinski definition) is 2. The van der Waals surface area contributed by atoms with E-state index in [1.807, 2.05) is 24.9 Å². The van der Waals surface area contributed by atoms with Crippen LogP contribution in [0, 0.1) is 13.8 Å². The van der Waals surface area contributed by atoms with E-state index < -0.39 is 0 Å². The average Bonchev–Trinajstić information content (AvgIpc) is 2.77. The van der Waals surface area contributed by atoms with E-state index in [0.29, 0.717) is 0 Å². The van der Waals surface area contributed by atoms with Gasteiger partial charge < -0.3 is 0 Å². The Balaban J connectivity index is 2.44. The molecule has 0 aliphatic carbocycles. The van der Waals surface area contributed by atoms with E-state index in [1.165, 1.54) is 10.4 Å². The van der Waals surface area contributed by atoms with Gasteiger partial charge in [-0.15, -0.1) is 11.3 Å². The number of nitrogens with zero attached hydrogens (tertiary/aromatic N) is 2. The SMILES string of the molecule is Cc1nn(C)cc1C(NN)c1ccsc1C. The second-order valence-corrected chi connectivity index (χ2v) is 5.00. The molecule has 1 atom stereocenters. The Hall–Kier alpha value is -1.17. The molecule has 0 saturated heterocycles. The Labute approximate surface area is 99.1 Å². The van der Waals surface area contributed by atoms with Crippen molar-refractivity contribution in [1.82, 2.24) is 15.2 Å². The third-order valence-electron chi connectivity index (χ3n) is 2.74. The first-order chi connectivity index (χ1) is 7.63. The summed E-state index contributed by atoms with van der Waals surface area (Å²) in [6.45, 7) is 4.11. The van der Waals surface area contributed by atoms with Gasteiger partial charge in [-0.1, -0.05) is 0 Å². The van der Waals surface area contributed by atoms with Crippen LogP contribution in [0.3, 0.4) is 0 Å². The van der Waals surface area contributed by atoms with Crippen LogP contribution in [-0.4, -0.2) is 9.78 Å². The molecule has 16 heavy (non-hydrogen) atoms. The minimum absolute atomic E-state index is 0.0277. The molecule has 0 spiro atoms. The Bertz CT molecular complexity index is 486. The largest absolute Gasteiger partial charge is 0.275 e. The van der Waals surface area contributed by atoms with Gasteiger partial charge in [0.1, 0.15) is 0 Å². The van der Waals surface area contributed by atoms with E-state index in [-0.39, 0.29) is 6.04 Å². The van der Waals surface area contributed by atoms with Crippen molar-refractivity contribution in [3.05, 3.63) is 39.3 Å². The summed E-state index contributed by atoms with van der Waals surface area (Å²) in [7, 11) is 1.92. The molecule has 0 saturated carbocycles. The van der Waals surface area contributed by atoms with Crippen molar-refractivity contribution < 1.29 is 0 Å². The third-order valence-corrected chi connectivity index (χ3v) is 3.60. The summed E-state index contributed by atoms with van der Waals surface area (Å²) in [5, 5.41) is 6.43. The lowest BCUT2D eigenvalue weighted by molar-refractivity contribution is 0.632. The summed E-state index contributed by atoms with van der Waals surface area (Å²) in [6, 6.07) is 2.14. The highest BCUT2D eigenvalue weighted by Crippen LogP contribution is 2.28. The topological polar surface area (TPSA) is 55.9 Å². The Kier molecular flexibility index (Phi) is 3.09. The maximum atomic E-state index is 5.66. The van der Waals surface area contributed by atoms with Crippen molar-refractivity contribution in [2.45, 2.75) is 19.9 Å². The molecule has 1 unspecified atom stereocenters. The van der Waals surface area contributed by atoms with Gasteiger partial charge in [-0.25, -0.2) is 5.43 Å². The molecule has 86 valence electrons. The number of thiophene rings is 1. The second kappa shape index (κ2) is 4.37. The van der Waals surface area contributed by atoms with Crippen LogP contribution < -0.4 is 11.3 Å². The van der Waals surface area contributed by atoms with Crippen molar-refractivity contribution in [3.63, 3.8) is 0 Å². The smallest absolute Gasteiger partial charge is 0.0754 e. The Morgan fingerprint density at radius 2 is 2.19 bits per heavy atom. The van der Waals surface area contributed by atoms with E-state index in [4.69, 9.17) is 5.84 Å². The van der Waals surface area contributed by atoms with Crippen LogP contribution in [-0.2, 0) is 7.05 Å². The van der Waals surface area contributed by atoms with E-state index >= 15 is 0 Å². The molecule has 4 nitrogen and oxygen atoms in total. The van der Waals surface area contributed by atoms with Gasteiger partial charge in [-0.2, -0.15) is 5.10 Å². The van der Waals surface area contributed by atoms with Gasteiger partial charge in [-0.05, 0) is 30.9 Å². The fraction of sp³-hybridized carbons (Fsp3) is 0.364. The standard InChI is InChI=1S/C11H16N4S/c1-7-10(6-15(3)14-7)11(13-12)9-4-5-16-8(9)2/h4-6,11,13H,12H2,1-3H3. The first kappa shape index (κ1) is 11.3. The van der Waals surface area contributed by atoms with Crippen LogP contribution in [0.25, 0.3) is 0 Å². The van der Waals surface area contributed by atoms with Crippen LogP contribution in [0.1, 0.15) is 27.7 Å². The van der Waals surface area contributed by atoms with Crippen molar-refractivity contribution in [2.75, 3.05) is 0 Å². The van der Waals surface area contributed by atoms with Gasteiger partial charge in [0.15, 0.2) is 0 Å². The van der Waals surface area contributed by atoms with E-state index in [1.54, 1.807) is 11.3 Å². The van der Waals surface area contributed by atoms with E-state index in [0.717, 1.165) is 11.3 Å². The van der Waals surface area contributed by atoms with Gasteiger partial charge >= 0.3 is 0 Å². The van der Waals surface area contributed by atoms with Crippen molar-refractivity contribution in [1.29, 1.82) is 0 Å². The second-order valence-electron chi connectivity index (χ2n) is 3.88. The van der Waals surface area contributed by atoms with Crippen LogP contribution in [0.4, 0.5) is 0 Å². The third kappa shape index (κ3) is 1.89. The van der Waals surface area contributed by atoms with Crippen LogP contribution >= 0.6 is 11.3 Å². The molecular formula is C11H16N4S. The molecular weight excluding hydrogens is 220 g/mol. The molecule has 2 aromatic rings. The average molecular weight is 236 g/mol. The van der Waals surface area contributed by atoms with Gasteiger partial charge in [0, 0.05) is 23.7 Å². The predicted octanol–water partition coefficient (Wildman–Crippen LogP) is 1.65. The summed E-state index contributed by atoms with van der Waals surface area (Å²) in [4.78, 5) is 1.28. The van der Waals surface area contributed by atoms with E-state index in [2.05, 4.69) is 28.9 Å². The lowest BCUT2D eigenvalue weighted by Gasteiger charge is -2.15. The highest BCUT2D eigenvalue weighted by atomic mass is 32.1. The maximum Gasteiger partial charge on any atom is 0.0754 e. The summed E-state index contributed by atoms with van der Waals surface area (Å²) in [6.07, 6.45) is 2.01. The molecule has 3 N–H and O–H groups in total. The lowest BCUT2D eigenvalue weighted by atomic mass is 10.0. The Morgan fingerprint density at radius 3 is 2.62 bits per heavy atom. The van der Waals surface area contributed by atoms with Crippen molar-refractivity contribution in [2.24, 2.45) is 12.9 Å². The zero-order chi connectivity index (χ0) is 11.7. The molecule has 0 amide bonds. The number of aryl methyl sites for hydroxylation is 3. The minimum atomic E-state index is 0.0277. The quantitative estimate of drug-likeness (QED) is 0.629. The van der Waals surface area contributed by atoms with Crippen LogP contribution in [0.15, 0.2) is 17.6 Å². The zero-order valence-electron chi connectivity index (χ0n) is 9.69. The van der Waals surface area contributed by atoms with Crippen LogP contribution in [0.2, 0.25) is 0 Å². The molecule has 0 bridgehead atoms. The van der Waals surface area contributed by atoms with Crippen molar-refractivity contribution in [3.8, 4) is 0 Å². The fourth-order valence-corrected chi connectivity index (χ4v) is 2.68. The molecule has 5 heteroatoms. The number of nitrogens with one attached hydrogen (secondary N) is 1. The van der Waals surface area contributed by atoms with Gasteiger partial charge in [0.25, 0.3) is 0 Å². The maximum absolute atomic E-state index is 5.66. The highest BCUT2D eigenvalue weighted by molar-refractivity contribution is 7.10. The lowest BCUT2D eigenvalue weighted by Crippen LogP contribution is -2.29. The van der Waals surface area contributed by atoms with Gasteiger partial charge in [-0.3, -0.25) is 10.5 Å². The summed E-state index contributed by atoms with van der Waals surface area (Å²) < 4.78 is 1.82. The molecule has 2 aromatic heterocycles. The van der Waals surface area contributed by atoms with Gasteiger partial charge in [0.2, 0.25) is 0 Å². The number of aromatic nitrogens is 2. The Morgan fingerprint density at radius 1 is 1.44 bits per heavy atom. The van der Waals surface area contributed by atoms with Crippen LogP contribution in [0.5, 0.6) is 0 Å². The summed E-state index contributed by atoms with van der Waals surface area (Å²) in [5.74, 6) is 5.66. The molecule has 0 aliphatic heterocycles. The predicted molar refractivity (Wildman–Crippen MR) is 66.2 cm³/mol. The molecule has 2 rings (SSSR count). The number of hydrogen-bond acceptors (Lipinski definition) is 4. The van der Waals surface area contributed by atoms with Crippen molar-refractivity contribution >= 4 is 11.3 Å². The normalized spacial score (nSPS) is 13.0. The molecule has 0 aliphatic rings. The summed E-state index contributed by atoms with van der Waals surface area (Å²) in [5.41, 5.74) is 6.24. The molecule has 0 radical (unpaired) electrons. The van der Waals surface area contributed by atoms with Gasteiger partial charge in [0.05, 0.1) is 11.7 Å². The zero-order valence-corrected chi connectivity index (χ0v) is 10.5. The highest BCUT2D eigenvalue weighted by Gasteiger charge is 2.19. The first-order valence-corrected chi connectivity index (χ1v) is 6.01. The summed E-state index contributed by atoms with van der Waals surface area (Å²) >= 11 is 1.73. The number of nitrogens with two attached hydrogens (primary N) is 1. The fourth-order valence-electron chi connectivity index (χ4n) is 1.94. The molecule has 0 fully saturated rings. The first-order valence-electron chi connectivity index (χ1n) is 5.13. The minimum Gasteiger partial charge on any atom is -0.275 e. The number of rotatable bonds is 3. The number of hydrazine groups is 1. The monoisotopic (exact) mass is 236 g/mol. The molecule has 2 heterocycles. The molecule has 0 aromatic carbocycles. The van der Waals surface area contributed by atoms with E-state index in [9.17, 15) is 0 Å².